The van der Waals surface area contributed by atoms with Gasteiger partial charge in [0, 0.05) is 11.9 Å². The summed E-state index contributed by atoms with van der Waals surface area (Å²) in [4.78, 5) is 4.17. The molecule has 1 aromatic heterocycles. The first-order valence-electron chi connectivity index (χ1n) is 5.85. The van der Waals surface area contributed by atoms with Crippen LogP contribution in [0.25, 0.3) is 0 Å². The van der Waals surface area contributed by atoms with Crippen molar-refractivity contribution >= 4 is 35.8 Å². The van der Waals surface area contributed by atoms with E-state index in [0.29, 0.717) is 16.5 Å². The summed E-state index contributed by atoms with van der Waals surface area (Å²) in [6, 6.07) is 12.9. The van der Waals surface area contributed by atoms with Gasteiger partial charge in [-0.15, -0.1) is 24.2 Å². The molecule has 0 bridgehead atoms. The van der Waals surface area contributed by atoms with Crippen LogP contribution in [0, 0.1) is 0 Å². The predicted molar refractivity (Wildman–Crippen MR) is 85.2 cm³/mol. The van der Waals surface area contributed by atoms with Gasteiger partial charge in [0.05, 0.1) is 16.2 Å². The predicted octanol–water partition coefficient (Wildman–Crippen LogP) is 3.69. The molecule has 6 heteroatoms. The van der Waals surface area contributed by atoms with Crippen LogP contribution in [0.5, 0.6) is 5.75 Å². The molecule has 1 N–H and O–H groups in total. The van der Waals surface area contributed by atoms with E-state index in [-0.39, 0.29) is 19.0 Å². The Labute approximate surface area is 133 Å². The fraction of sp³-hybridized carbons (Fsp3) is 0.214. The Hall–Kier alpha value is -0.940. The van der Waals surface area contributed by atoms with Crippen LogP contribution in [0.3, 0.4) is 0 Å². The Bertz CT molecular complexity index is 514. The summed E-state index contributed by atoms with van der Waals surface area (Å²) in [5.41, 5.74) is 0. The lowest BCUT2D eigenvalue weighted by Crippen LogP contribution is -2.20. The highest BCUT2D eigenvalue weighted by Gasteiger charge is 2.08. The van der Waals surface area contributed by atoms with Crippen molar-refractivity contribution in [1.82, 2.24) is 4.98 Å². The molecule has 0 saturated carbocycles. The number of nitrogens with zero attached hydrogens (tertiary/aromatic N) is 1. The van der Waals surface area contributed by atoms with Gasteiger partial charge in [-0.25, -0.2) is 4.98 Å². The van der Waals surface area contributed by atoms with Crippen molar-refractivity contribution in [2.24, 2.45) is 0 Å². The summed E-state index contributed by atoms with van der Waals surface area (Å²) in [6.45, 7) is 0.212. The smallest absolute Gasteiger partial charge is 0.138 e. The van der Waals surface area contributed by atoms with Crippen molar-refractivity contribution in [3.05, 3.63) is 53.7 Å². The number of aromatic nitrogens is 1. The van der Waals surface area contributed by atoms with E-state index in [4.69, 9.17) is 16.3 Å². The normalized spacial score (nSPS) is 11.5. The van der Waals surface area contributed by atoms with Crippen LogP contribution in [0.2, 0.25) is 5.02 Å². The number of hydrogen-bond acceptors (Lipinski definition) is 4. The van der Waals surface area contributed by atoms with Crippen molar-refractivity contribution in [3.63, 3.8) is 0 Å². The molecule has 2 aromatic rings. The topological polar surface area (TPSA) is 42.4 Å². The SMILES string of the molecule is Cl.OC(COc1ccccc1Cl)CSc1ccccn1. The van der Waals surface area contributed by atoms with Gasteiger partial charge >= 0.3 is 0 Å². The van der Waals surface area contributed by atoms with Crippen LogP contribution >= 0.6 is 35.8 Å². The minimum atomic E-state index is -0.566. The number of ether oxygens (including phenoxy) is 1. The van der Waals surface area contributed by atoms with Crippen molar-refractivity contribution < 1.29 is 9.84 Å². The third-order valence-electron chi connectivity index (χ3n) is 2.33. The first-order chi connectivity index (χ1) is 9.25. The highest BCUT2D eigenvalue weighted by Crippen LogP contribution is 2.23. The third kappa shape index (κ3) is 5.59. The van der Waals surface area contributed by atoms with E-state index in [0.717, 1.165) is 5.03 Å². The number of rotatable bonds is 6. The molecule has 0 amide bonds. The number of halogens is 2. The van der Waals surface area contributed by atoms with E-state index in [9.17, 15) is 5.11 Å². The van der Waals surface area contributed by atoms with Crippen LogP contribution in [-0.2, 0) is 0 Å². The summed E-state index contributed by atoms with van der Waals surface area (Å²) in [5.74, 6) is 1.12. The Morgan fingerprint density at radius 1 is 1.20 bits per heavy atom. The number of thioether (sulfide) groups is 1. The molecule has 3 nitrogen and oxygen atoms in total. The minimum absolute atomic E-state index is 0. The van der Waals surface area contributed by atoms with Crippen molar-refractivity contribution in [1.29, 1.82) is 0 Å². The monoisotopic (exact) mass is 331 g/mol. The average Bonchev–Trinajstić information content (AvgIpc) is 2.45. The molecule has 1 heterocycles. The van der Waals surface area contributed by atoms with Crippen molar-refractivity contribution in [2.45, 2.75) is 11.1 Å². The van der Waals surface area contributed by atoms with Crippen LogP contribution in [-0.4, -0.2) is 28.6 Å². The molecular weight excluding hydrogens is 317 g/mol. The quantitative estimate of drug-likeness (QED) is 0.820. The number of hydrogen-bond donors (Lipinski definition) is 1. The highest BCUT2D eigenvalue weighted by molar-refractivity contribution is 7.99. The fourth-order valence-electron chi connectivity index (χ4n) is 1.41. The summed E-state index contributed by atoms with van der Waals surface area (Å²) in [6.07, 6.45) is 1.16. The van der Waals surface area contributed by atoms with Gasteiger partial charge in [0.15, 0.2) is 0 Å². The number of aliphatic hydroxyl groups is 1. The lowest BCUT2D eigenvalue weighted by Gasteiger charge is -2.12. The Morgan fingerprint density at radius 2 is 1.95 bits per heavy atom. The van der Waals surface area contributed by atoms with Gasteiger partial charge in [0.1, 0.15) is 12.4 Å². The third-order valence-corrected chi connectivity index (χ3v) is 3.73. The molecule has 0 saturated heterocycles. The zero-order valence-electron chi connectivity index (χ0n) is 10.6. The molecule has 1 aromatic carbocycles. The Balaban J connectivity index is 0.00000200. The first kappa shape index (κ1) is 17.1. The van der Waals surface area contributed by atoms with Crippen molar-refractivity contribution in [2.75, 3.05) is 12.4 Å². The second kappa shape index (κ2) is 9.08. The van der Waals surface area contributed by atoms with Crippen LogP contribution < -0.4 is 4.74 Å². The first-order valence-corrected chi connectivity index (χ1v) is 7.21. The van der Waals surface area contributed by atoms with Gasteiger partial charge < -0.3 is 9.84 Å². The fourth-order valence-corrected chi connectivity index (χ4v) is 2.37. The molecule has 1 atom stereocenters. The van der Waals surface area contributed by atoms with E-state index < -0.39 is 6.10 Å². The number of benzene rings is 1. The van der Waals surface area contributed by atoms with Gasteiger partial charge in [-0.2, -0.15) is 0 Å². The van der Waals surface area contributed by atoms with E-state index in [2.05, 4.69) is 4.98 Å². The van der Waals surface area contributed by atoms with E-state index in [1.54, 1.807) is 18.3 Å². The number of para-hydroxylation sites is 1. The zero-order valence-corrected chi connectivity index (χ0v) is 13.0. The maximum Gasteiger partial charge on any atom is 0.138 e. The van der Waals surface area contributed by atoms with E-state index in [1.807, 2.05) is 30.3 Å². The molecule has 108 valence electrons. The van der Waals surface area contributed by atoms with Crippen LogP contribution in [0.4, 0.5) is 0 Å². The highest BCUT2D eigenvalue weighted by atomic mass is 35.5. The van der Waals surface area contributed by atoms with Gasteiger partial charge in [-0.1, -0.05) is 29.8 Å². The molecule has 2 rings (SSSR count). The van der Waals surface area contributed by atoms with E-state index in [1.165, 1.54) is 11.8 Å². The van der Waals surface area contributed by atoms with Gasteiger partial charge in [-0.3, -0.25) is 0 Å². The largest absolute Gasteiger partial charge is 0.489 e. The molecule has 0 radical (unpaired) electrons. The molecule has 0 fully saturated rings. The van der Waals surface area contributed by atoms with Crippen LogP contribution in [0.1, 0.15) is 0 Å². The lowest BCUT2D eigenvalue weighted by molar-refractivity contribution is 0.126. The maximum absolute atomic E-state index is 9.85. The summed E-state index contributed by atoms with van der Waals surface area (Å²) in [7, 11) is 0. The molecule has 20 heavy (non-hydrogen) atoms. The molecule has 0 aliphatic heterocycles. The second-order valence-corrected chi connectivity index (χ2v) is 5.32. The molecular formula is C14H15Cl2NO2S. The Kier molecular flexibility index (Phi) is 7.77. The molecule has 0 spiro atoms. The van der Waals surface area contributed by atoms with Gasteiger partial charge in [-0.05, 0) is 24.3 Å². The standard InChI is InChI=1S/C14H14ClNO2S.ClH/c15-12-5-1-2-6-13(12)18-9-11(17)10-19-14-7-3-4-8-16-14;/h1-8,11,17H,9-10H2;1H. The van der Waals surface area contributed by atoms with Crippen LogP contribution in [0.15, 0.2) is 53.7 Å². The lowest BCUT2D eigenvalue weighted by atomic mass is 10.3. The van der Waals surface area contributed by atoms with E-state index >= 15 is 0 Å². The summed E-state index contributed by atoms with van der Waals surface area (Å²) < 4.78 is 5.47. The molecule has 0 aliphatic rings. The van der Waals surface area contributed by atoms with Gasteiger partial charge in [0.25, 0.3) is 0 Å². The molecule has 0 aliphatic carbocycles. The number of aliphatic hydroxyl groups excluding tert-OH is 1. The molecule has 1 unspecified atom stereocenters. The summed E-state index contributed by atoms with van der Waals surface area (Å²) in [5, 5.41) is 11.3. The number of pyridine rings is 1. The van der Waals surface area contributed by atoms with Gasteiger partial charge in [0.2, 0.25) is 0 Å². The van der Waals surface area contributed by atoms with Crippen molar-refractivity contribution in [3.8, 4) is 5.75 Å². The minimum Gasteiger partial charge on any atom is -0.489 e. The average molecular weight is 332 g/mol. The zero-order chi connectivity index (χ0) is 13.5. The summed E-state index contributed by atoms with van der Waals surface area (Å²) >= 11 is 7.45. The Morgan fingerprint density at radius 3 is 2.65 bits per heavy atom. The maximum atomic E-state index is 9.85. The second-order valence-electron chi connectivity index (χ2n) is 3.87.